The average molecular weight is 299 g/mol. The van der Waals surface area contributed by atoms with Gasteiger partial charge in [-0.15, -0.1) is 0 Å². The minimum atomic E-state index is -0.569. The molecular formula is C16H17N3O3. The Morgan fingerprint density at radius 2 is 2.09 bits per heavy atom. The van der Waals surface area contributed by atoms with Crippen LogP contribution in [0.2, 0.25) is 0 Å². The van der Waals surface area contributed by atoms with Crippen molar-refractivity contribution in [1.29, 1.82) is 0 Å². The van der Waals surface area contributed by atoms with E-state index in [0.29, 0.717) is 11.3 Å². The largest absolute Gasteiger partial charge is 0.497 e. The number of hydrogen-bond acceptors (Lipinski definition) is 4. The molecule has 0 unspecified atom stereocenters. The molecule has 6 heteroatoms. The first-order chi connectivity index (χ1) is 10.6. The van der Waals surface area contributed by atoms with E-state index in [1.807, 2.05) is 24.3 Å². The summed E-state index contributed by atoms with van der Waals surface area (Å²) in [4.78, 5) is 29.0. The lowest BCUT2D eigenvalue weighted by atomic mass is 10.1. The maximum Gasteiger partial charge on any atom is 0.256 e. The molecule has 0 atom stereocenters. The van der Waals surface area contributed by atoms with Crippen molar-refractivity contribution >= 4 is 11.8 Å². The number of carbonyl (C=O) groups is 2. The predicted molar refractivity (Wildman–Crippen MR) is 81.2 cm³/mol. The molecule has 0 aliphatic rings. The molecule has 0 fully saturated rings. The molecule has 6 nitrogen and oxygen atoms in total. The SMILES string of the molecule is COc1cccc(CN(CC(N)=O)C(=O)c2cccnc2)c1. The van der Waals surface area contributed by atoms with Gasteiger partial charge in [0, 0.05) is 18.9 Å². The maximum atomic E-state index is 12.5. The molecule has 22 heavy (non-hydrogen) atoms. The van der Waals surface area contributed by atoms with Crippen molar-refractivity contribution in [1.82, 2.24) is 9.88 Å². The van der Waals surface area contributed by atoms with Crippen LogP contribution in [0, 0.1) is 0 Å². The lowest BCUT2D eigenvalue weighted by Crippen LogP contribution is -2.38. The van der Waals surface area contributed by atoms with Gasteiger partial charge in [-0.3, -0.25) is 14.6 Å². The molecule has 0 bridgehead atoms. The number of ether oxygens (including phenoxy) is 1. The summed E-state index contributed by atoms with van der Waals surface area (Å²) in [5.41, 5.74) is 6.50. The lowest BCUT2D eigenvalue weighted by Gasteiger charge is -2.21. The Balaban J connectivity index is 2.22. The number of carbonyl (C=O) groups excluding carboxylic acids is 2. The Bertz CT molecular complexity index is 659. The quantitative estimate of drug-likeness (QED) is 0.869. The molecule has 0 saturated carbocycles. The number of rotatable bonds is 6. The van der Waals surface area contributed by atoms with Crippen molar-refractivity contribution in [3.05, 3.63) is 59.9 Å². The number of amides is 2. The molecule has 1 heterocycles. The molecule has 2 aromatic rings. The van der Waals surface area contributed by atoms with Crippen LogP contribution >= 0.6 is 0 Å². The summed E-state index contributed by atoms with van der Waals surface area (Å²) in [6.45, 7) is 0.0960. The van der Waals surface area contributed by atoms with Crippen molar-refractivity contribution < 1.29 is 14.3 Å². The van der Waals surface area contributed by atoms with Crippen LogP contribution in [0.1, 0.15) is 15.9 Å². The van der Waals surface area contributed by atoms with Crippen LogP contribution in [0.5, 0.6) is 5.75 Å². The predicted octanol–water partition coefficient (Wildman–Crippen LogP) is 1.22. The summed E-state index contributed by atoms with van der Waals surface area (Å²) in [5.74, 6) is -0.180. The molecule has 114 valence electrons. The summed E-state index contributed by atoms with van der Waals surface area (Å²) in [7, 11) is 1.57. The fourth-order valence-electron chi connectivity index (χ4n) is 2.05. The van der Waals surface area contributed by atoms with Gasteiger partial charge in [-0.25, -0.2) is 0 Å². The topological polar surface area (TPSA) is 85.5 Å². The zero-order valence-corrected chi connectivity index (χ0v) is 12.2. The Morgan fingerprint density at radius 1 is 1.27 bits per heavy atom. The number of methoxy groups -OCH3 is 1. The molecule has 0 aliphatic heterocycles. The van der Waals surface area contributed by atoms with Gasteiger partial charge in [0.05, 0.1) is 19.2 Å². The minimum Gasteiger partial charge on any atom is -0.497 e. The standard InChI is InChI=1S/C16H17N3O3/c1-22-14-6-2-4-12(8-14)10-19(11-15(17)20)16(21)13-5-3-7-18-9-13/h2-9H,10-11H2,1H3,(H2,17,20). The summed E-state index contributed by atoms with van der Waals surface area (Å²) < 4.78 is 5.16. The average Bonchev–Trinajstić information content (AvgIpc) is 2.54. The smallest absolute Gasteiger partial charge is 0.256 e. The highest BCUT2D eigenvalue weighted by atomic mass is 16.5. The number of nitrogens with zero attached hydrogens (tertiary/aromatic N) is 2. The second-order valence-electron chi connectivity index (χ2n) is 4.72. The summed E-state index contributed by atoms with van der Waals surface area (Å²) in [6.07, 6.45) is 3.04. The number of nitrogens with two attached hydrogens (primary N) is 1. The Morgan fingerprint density at radius 3 is 2.73 bits per heavy atom. The van der Waals surface area contributed by atoms with E-state index in [0.717, 1.165) is 5.56 Å². The fourth-order valence-corrected chi connectivity index (χ4v) is 2.05. The molecule has 1 aromatic heterocycles. The molecule has 2 N–H and O–H groups in total. The Labute approximate surface area is 128 Å². The number of primary amides is 1. The van der Waals surface area contributed by atoms with E-state index >= 15 is 0 Å². The zero-order valence-electron chi connectivity index (χ0n) is 12.2. The first kappa shape index (κ1) is 15.5. The van der Waals surface area contributed by atoms with E-state index in [-0.39, 0.29) is 19.0 Å². The van der Waals surface area contributed by atoms with Gasteiger partial charge in [0.2, 0.25) is 5.91 Å². The van der Waals surface area contributed by atoms with Crippen molar-refractivity contribution in [2.75, 3.05) is 13.7 Å². The molecular weight excluding hydrogens is 282 g/mol. The van der Waals surface area contributed by atoms with Crippen LogP contribution in [-0.4, -0.2) is 35.4 Å². The molecule has 2 rings (SSSR count). The van der Waals surface area contributed by atoms with E-state index < -0.39 is 5.91 Å². The molecule has 0 aliphatic carbocycles. The van der Waals surface area contributed by atoms with Crippen molar-refractivity contribution in [3.8, 4) is 5.75 Å². The van der Waals surface area contributed by atoms with Gasteiger partial charge in [-0.2, -0.15) is 0 Å². The highest BCUT2D eigenvalue weighted by Crippen LogP contribution is 2.15. The highest BCUT2D eigenvalue weighted by molar-refractivity contribution is 5.96. The van der Waals surface area contributed by atoms with Gasteiger partial charge in [0.15, 0.2) is 0 Å². The fraction of sp³-hybridized carbons (Fsp3) is 0.188. The number of hydrogen-bond donors (Lipinski definition) is 1. The Kier molecular flexibility index (Phi) is 5.08. The van der Waals surface area contributed by atoms with Gasteiger partial charge in [0.25, 0.3) is 5.91 Å². The monoisotopic (exact) mass is 299 g/mol. The molecule has 0 radical (unpaired) electrons. The van der Waals surface area contributed by atoms with Crippen molar-refractivity contribution in [2.24, 2.45) is 5.73 Å². The zero-order chi connectivity index (χ0) is 15.9. The Hall–Kier alpha value is -2.89. The van der Waals surface area contributed by atoms with Gasteiger partial charge in [-0.1, -0.05) is 12.1 Å². The molecule has 1 aromatic carbocycles. The van der Waals surface area contributed by atoms with E-state index in [9.17, 15) is 9.59 Å². The first-order valence-corrected chi connectivity index (χ1v) is 6.70. The number of pyridine rings is 1. The maximum absolute atomic E-state index is 12.5. The van der Waals surface area contributed by atoms with Gasteiger partial charge in [-0.05, 0) is 29.8 Å². The van der Waals surface area contributed by atoms with E-state index in [2.05, 4.69) is 4.98 Å². The minimum absolute atomic E-state index is 0.162. The van der Waals surface area contributed by atoms with Gasteiger partial charge in [0.1, 0.15) is 5.75 Å². The molecule has 2 amide bonds. The van der Waals surface area contributed by atoms with Crippen molar-refractivity contribution in [3.63, 3.8) is 0 Å². The number of benzene rings is 1. The third-order valence-corrected chi connectivity index (χ3v) is 3.05. The van der Waals surface area contributed by atoms with Crippen LogP contribution in [-0.2, 0) is 11.3 Å². The first-order valence-electron chi connectivity index (χ1n) is 6.70. The number of aromatic nitrogens is 1. The van der Waals surface area contributed by atoms with Crippen LogP contribution in [0.15, 0.2) is 48.8 Å². The lowest BCUT2D eigenvalue weighted by molar-refractivity contribution is -0.118. The summed E-state index contributed by atoms with van der Waals surface area (Å²) in [5, 5.41) is 0. The second-order valence-corrected chi connectivity index (χ2v) is 4.72. The van der Waals surface area contributed by atoms with Gasteiger partial charge < -0.3 is 15.4 Å². The third kappa shape index (κ3) is 4.05. The third-order valence-electron chi connectivity index (χ3n) is 3.05. The highest BCUT2D eigenvalue weighted by Gasteiger charge is 2.18. The van der Waals surface area contributed by atoms with Crippen LogP contribution in [0.3, 0.4) is 0 Å². The van der Waals surface area contributed by atoms with E-state index in [4.69, 9.17) is 10.5 Å². The molecule has 0 spiro atoms. The summed E-state index contributed by atoms with van der Waals surface area (Å²) >= 11 is 0. The van der Waals surface area contributed by atoms with E-state index in [1.165, 1.54) is 11.1 Å². The summed E-state index contributed by atoms with van der Waals surface area (Å²) in [6, 6.07) is 10.6. The van der Waals surface area contributed by atoms with Crippen LogP contribution in [0.25, 0.3) is 0 Å². The van der Waals surface area contributed by atoms with Gasteiger partial charge >= 0.3 is 0 Å². The van der Waals surface area contributed by atoms with Crippen LogP contribution < -0.4 is 10.5 Å². The van der Waals surface area contributed by atoms with E-state index in [1.54, 1.807) is 25.4 Å². The van der Waals surface area contributed by atoms with Crippen LogP contribution in [0.4, 0.5) is 0 Å². The normalized spacial score (nSPS) is 10.0. The molecule has 0 saturated heterocycles. The van der Waals surface area contributed by atoms with Crippen molar-refractivity contribution in [2.45, 2.75) is 6.54 Å². The second kappa shape index (κ2) is 7.21.